The van der Waals surface area contributed by atoms with Crippen LogP contribution in [0.2, 0.25) is 0 Å². The molecule has 0 fully saturated rings. The maximum Gasteiger partial charge on any atom is 0.0464 e. The molecule has 3 rings (SSSR count). The second-order valence-corrected chi connectivity index (χ2v) is 5.35. The Balaban J connectivity index is 0.000000924. The van der Waals surface area contributed by atoms with Crippen molar-refractivity contribution in [3.05, 3.63) is 90.0 Å². The minimum absolute atomic E-state index is 1.17. The molecule has 1 nitrogen and oxygen atoms in total. The van der Waals surface area contributed by atoms with Crippen LogP contribution in [0, 0.1) is 13.8 Å². The van der Waals surface area contributed by atoms with Crippen LogP contribution in [0.3, 0.4) is 0 Å². The van der Waals surface area contributed by atoms with Gasteiger partial charge in [0.1, 0.15) is 0 Å². The fourth-order valence-corrected chi connectivity index (χ4v) is 2.49. The zero-order valence-electron chi connectivity index (χ0n) is 14.5. The van der Waals surface area contributed by atoms with Gasteiger partial charge in [-0.3, -0.25) is 0 Å². The van der Waals surface area contributed by atoms with Crippen molar-refractivity contribution in [1.29, 1.82) is 0 Å². The molecule has 0 bridgehead atoms. The summed E-state index contributed by atoms with van der Waals surface area (Å²) >= 11 is 0. The van der Waals surface area contributed by atoms with Crippen LogP contribution in [0.25, 0.3) is 0 Å². The summed E-state index contributed by atoms with van der Waals surface area (Å²) < 4.78 is 0. The first-order valence-electron chi connectivity index (χ1n) is 8.22. The number of aryl methyl sites for hydroxylation is 2. The van der Waals surface area contributed by atoms with E-state index >= 15 is 0 Å². The molecule has 1 heteroatoms. The van der Waals surface area contributed by atoms with Crippen molar-refractivity contribution in [2.75, 3.05) is 4.90 Å². The lowest BCUT2D eigenvalue weighted by molar-refractivity contribution is 1.26. The first-order chi connectivity index (χ1) is 11.2. The highest BCUT2D eigenvalue weighted by Crippen LogP contribution is 2.34. The van der Waals surface area contributed by atoms with Gasteiger partial charge in [-0.2, -0.15) is 0 Å². The van der Waals surface area contributed by atoms with E-state index in [1.165, 1.54) is 28.2 Å². The molecule has 0 N–H and O–H groups in total. The second kappa shape index (κ2) is 8.19. The Morgan fingerprint density at radius 1 is 0.522 bits per heavy atom. The molecule has 3 aromatic rings. The van der Waals surface area contributed by atoms with Crippen LogP contribution in [0.15, 0.2) is 78.9 Å². The van der Waals surface area contributed by atoms with Gasteiger partial charge in [-0.05, 0) is 55.8 Å². The summed E-state index contributed by atoms with van der Waals surface area (Å²) in [6.45, 7) is 8.24. The summed E-state index contributed by atoms with van der Waals surface area (Å²) in [7, 11) is 0. The maximum atomic E-state index is 2.28. The molecular formula is C22H25N. The number of para-hydroxylation sites is 1. The molecule has 0 atom stereocenters. The SMILES string of the molecule is CC.Cc1ccc(N(c2ccccc2)c2cccc(C)c2)cc1. The van der Waals surface area contributed by atoms with Crippen molar-refractivity contribution in [3.8, 4) is 0 Å². The molecule has 118 valence electrons. The minimum Gasteiger partial charge on any atom is -0.310 e. The third kappa shape index (κ3) is 4.23. The van der Waals surface area contributed by atoms with Crippen molar-refractivity contribution >= 4 is 17.1 Å². The maximum absolute atomic E-state index is 2.28. The predicted octanol–water partition coefficient (Wildman–Crippen LogP) is 6.80. The van der Waals surface area contributed by atoms with Crippen LogP contribution in [-0.2, 0) is 0 Å². The van der Waals surface area contributed by atoms with E-state index in [9.17, 15) is 0 Å². The van der Waals surface area contributed by atoms with Crippen LogP contribution < -0.4 is 4.90 Å². The third-order valence-electron chi connectivity index (χ3n) is 3.57. The largest absolute Gasteiger partial charge is 0.310 e. The molecule has 0 aromatic heterocycles. The third-order valence-corrected chi connectivity index (χ3v) is 3.57. The molecule has 0 amide bonds. The molecule has 0 aliphatic rings. The van der Waals surface area contributed by atoms with Crippen LogP contribution in [0.1, 0.15) is 25.0 Å². The lowest BCUT2D eigenvalue weighted by atomic mass is 10.1. The van der Waals surface area contributed by atoms with Gasteiger partial charge in [0.15, 0.2) is 0 Å². The normalized spacial score (nSPS) is 9.74. The van der Waals surface area contributed by atoms with Crippen molar-refractivity contribution in [2.24, 2.45) is 0 Å². The molecule has 0 spiro atoms. The Morgan fingerprint density at radius 3 is 1.70 bits per heavy atom. The van der Waals surface area contributed by atoms with Gasteiger partial charge in [0.05, 0.1) is 0 Å². The van der Waals surface area contributed by atoms with Crippen molar-refractivity contribution < 1.29 is 0 Å². The van der Waals surface area contributed by atoms with Crippen molar-refractivity contribution in [2.45, 2.75) is 27.7 Å². The van der Waals surface area contributed by atoms with E-state index in [1.54, 1.807) is 0 Å². The van der Waals surface area contributed by atoms with Crippen LogP contribution >= 0.6 is 0 Å². The van der Waals surface area contributed by atoms with E-state index in [0.717, 1.165) is 0 Å². The highest BCUT2D eigenvalue weighted by molar-refractivity contribution is 5.76. The number of anilines is 3. The fourth-order valence-electron chi connectivity index (χ4n) is 2.49. The average molecular weight is 303 g/mol. The van der Waals surface area contributed by atoms with E-state index in [-0.39, 0.29) is 0 Å². The van der Waals surface area contributed by atoms with E-state index in [1.807, 2.05) is 19.9 Å². The van der Waals surface area contributed by atoms with Gasteiger partial charge in [-0.15, -0.1) is 0 Å². The van der Waals surface area contributed by atoms with Crippen LogP contribution in [0.5, 0.6) is 0 Å². The zero-order chi connectivity index (χ0) is 16.7. The fraction of sp³-hybridized carbons (Fsp3) is 0.182. The highest BCUT2D eigenvalue weighted by Gasteiger charge is 2.11. The molecule has 0 aliphatic heterocycles. The van der Waals surface area contributed by atoms with Gasteiger partial charge in [0, 0.05) is 17.1 Å². The topological polar surface area (TPSA) is 3.24 Å². The first kappa shape index (κ1) is 16.8. The lowest BCUT2D eigenvalue weighted by Gasteiger charge is -2.25. The first-order valence-corrected chi connectivity index (χ1v) is 8.22. The predicted molar refractivity (Wildman–Crippen MR) is 102 cm³/mol. The van der Waals surface area contributed by atoms with E-state index in [4.69, 9.17) is 0 Å². The molecule has 0 radical (unpaired) electrons. The number of nitrogens with zero attached hydrogens (tertiary/aromatic N) is 1. The Labute approximate surface area is 140 Å². The molecule has 0 aliphatic carbocycles. The second-order valence-electron chi connectivity index (χ2n) is 5.35. The zero-order valence-corrected chi connectivity index (χ0v) is 14.5. The van der Waals surface area contributed by atoms with E-state index in [0.29, 0.717) is 0 Å². The van der Waals surface area contributed by atoms with E-state index < -0.39 is 0 Å². The summed E-state index contributed by atoms with van der Waals surface area (Å²) in [4.78, 5) is 2.28. The Kier molecular flexibility index (Phi) is 5.99. The number of benzene rings is 3. The molecule has 23 heavy (non-hydrogen) atoms. The Morgan fingerprint density at radius 2 is 1.09 bits per heavy atom. The average Bonchev–Trinajstić information content (AvgIpc) is 2.60. The highest BCUT2D eigenvalue weighted by atomic mass is 15.1. The monoisotopic (exact) mass is 303 g/mol. The van der Waals surface area contributed by atoms with E-state index in [2.05, 4.69) is 91.5 Å². The summed E-state index contributed by atoms with van der Waals surface area (Å²) in [5.41, 5.74) is 6.07. The molecule has 0 saturated heterocycles. The van der Waals surface area contributed by atoms with Crippen molar-refractivity contribution in [1.82, 2.24) is 0 Å². The van der Waals surface area contributed by atoms with Crippen LogP contribution in [0.4, 0.5) is 17.1 Å². The quantitative estimate of drug-likeness (QED) is 0.514. The Bertz CT molecular complexity index is 714. The standard InChI is InChI=1S/C20H19N.C2H6/c1-16-11-13-19(14-12-16)21(18-8-4-3-5-9-18)20-10-6-7-17(2)15-20;1-2/h3-15H,1-2H3;1-2H3. The van der Waals surface area contributed by atoms with Gasteiger partial charge in [0.2, 0.25) is 0 Å². The molecule has 0 unspecified atom stereocenters. The van der Waals surface area contributed by atoms with Crippen LogP contribution in [-0.4, -0.2) is 0 Å². The summed E-state index contributed by atoms with van der Waals surface area (Å²) in [5.74, 6) is 0. The molecule has 0 heterocycles. The molecular weight excluding hydrogens is 278 g/mol. The van der Waals surface area contributed by atoms with Crippen molar-refractivity contribution in [3.63, 3.8) is 0 Å². The van der Waals surface area contributed by atoms with Gasteiger partial charge >= 0.3 is 0 Å². The van der Waals surface area contributed by atoms with Gasteiger partial charge < -0.3 is 4.90 Å². The minimum atomic E-state index is 1.17. The summed E-state index contributed by atoms with van der Waals surface area (Å²) in [5, 5.41) is 0. The Hall–Kier alpha value is -2.54. The molecule has 0 saturated carbocycles. The lowest BCUT2D eigenvalue weighted by Crippen LogP contribution is -2.09. The van der Waals surface area contributed by atoms with Gasteiger partial charge in [-0.25, -0.2) is 0 Å². The molecule has 3 aromatic carbocycles. The number of rotatable bonds is 3. The smallest absolute Gasteiger partial charge is 0.0464 e. The van der Waals surface area contributed by atoms with Gasteiger partial charge in [0.25, 0.3) is 0 Å². The number of hydrogen-bond donors (Lipinski definition) is 0. The summed E-state index contributed by atoms with van der Waals surface area (Å²) in [6, 6.07) is 27.7. The summed E-state index contributed by atoms with van der Waals surface area (Å²) in [6.07, 6.45) is 0. The van der Waals surface area contributed by atoms with Gasteiger partial charge in [-0.1, -0.05) is 61.9 Å². The number of hydrogen-bond acceptors (Lipinski definition) is 1.